The van der Waals surface area contributed by atoms with Crippen LogP contribution in [0, 0.1) is 6.92 Å². The first-order valence-electron chi connectivity index (χ1n) is 5.32. The molecule has 0 atom stereocenters. The second-order valence-corrected chi connectivity index (χ2v) is 4.69. The smallest absolute Gasteiger partial charge is 0.187 e. The third kappa shape index (κ3) is 2.29. The van der Waals surface area contributed by atoms with Crippen LogP contribution in [-0.2, 0) is 6.61 Å². The molecule has 1 heterocycles. The van der Waals surface area contributed by atoms with Crippen LogP contribution >= 0.6 is 23.2 Å². The van der Waals surface area contributed by atoms with Crippen molar-refractivity contribution in [3.63, 3.8) is 0 Å². The molecule has 5 heteroatoms. The van der Waals surface area contributed by atoms with Crippen molar-refractivity contribution >= 4 is 23.2 Å². The van der Waals surface area contributed by atoms with Gasteiger partial charge in [0.25, 0.3) is 0 Å². The van der Waals surface area contributed by atoms with Crippen LogP contribution in [0.5, 0.6) is 0 Å². The van der Waals surface area contributed by atoms with Gasteiger partial charge in [-0.2, -0.15) is 0 Å². The SMILES string of the molecule is Cc1cc(=O)c(CO)cn1-c1cccc(Cl)c1Cl. The highest BCUT2D eigenvalue weighted by molar-refractivity contribution is 6.43. The fourth-order valence-corrected chi connectivity index (χ4v) is 2.12. The number of rotatable bonds is 2. The Labute approximate surface area is 114 Å². The monoisotopic (exact) mass is 283 g/mol. The Balaban J connectivity index is 2.71. The van der Waals surface area contributed by atoms with Gasteiger partial charge in [-0.25, -0.2) is 0 Å². The lowest BCUT2D eigenvalue weighted by atomic mass is 10.2. The molecule has 1 N–H and O–H groups in total. The van der Waals surface area contributed by atoms with Gasteiger partial charge in [0.2, 0.25) is 0 Å². The summed E-state index contributed by atoms with van der Waals surface area (Å²) in [5.41, 5.74) is 1.53. The molecule has 1 aromatic carbocycles. The minimum absolute atomic E-state index is 0.190. The second-order valence-electron chi connectivity index (χ2n) is 3.91. The van der Waals surface area contributed by atoms with Crippen molar-refractivity contribution in [1.82, 2.24) is 4.57 Å². The third-order valence-electron chi connectivity index (χ3n) is 2.68. The van der Waals surface area contributed by atoms with Gasteiger partial charge in [-0.15, -0.1) is 0 Å². The first-order chi connectivity index (χ1) is 8.54. The largest absolute Gasteiger partial charge is 0.391 e. The van der Waals surface area contributed by atoms with Crippen molar-refractivity contribution in [1.29, 1.82) is 0 Å². The van der Waals surface area contributed by atoms with Crippen molar-refractivity contribution in [3.8, 4) is 5.69 Å². The van der Waals surface area contributed by atoms with E-state index in [4.69, 9.17) is 28.3 Å². The van der Waals surface area contributed by atoms with Crippen LogP contribution in [0.15, 0.2) is 35.3 Å². The van der Waals surface area contributed by atoms with E-state index in [-0.39, 0.29) is 12.0 Å². The predicted molar refractivity (Wildman–Crippen MR) is 72.7 cm³/mol. The van der Waals surface area contributed by atoms with E-state index in [2.05, 4.69) is 0 Å². The Hall–Kier alpha value is -1.29. The van der Waals surface area contributed by atoms with Gasteiger partial charge in [-0.3, -0.25) is 4.79 Å². The maximum absolute atomic E-state index is 11.6. The molecule has 0 radical (unpaired) electrons. The molecule has 3 nitrogen and oxygen atoms in total. The Kier molecular flexibility index (Phi) is 3.76. The van der Waals surface area contributed by atoms with Gasteiger partial charge in [0, 0.05) is 23.5 Å². The number of aromatic nitrogens is 1. The molecule has 0 unspecified atom stereocenters. The molecular weight excluding hydrogens is 273 g/mol. The van der Waals surface area contributed by atoms with E-state index in [1.165, 1.54) is 6.07 Å². The molecule has 94 valence electrons. The van der Waals surface area contributed by atoms with Crippen LogP contribution in [0.2, 0.25) is 10.0 Å². The van der Waals surface area contributed by atoms with Gasteiger partial charge in [0.1, 0.15) is 0 Å². The van der Waals surface area contributed by atoms with E-state index in [0.717, 1.165) is 5.69 Å². The number of aliphatic hydroxyl groups is 1. The molecule has 1 aromatic heterocycles. The molecule has 0 spiro atoms. The summed E-state index contributed by atoms with van der Waals surface area (Å²) in [4.78, 5) is 11.6. The van der Waals surface area contributed by atoms with Crippen molar-refractivity contribution in [2.75, 3.05) is 0 Å². The van der Waals surface area contributed by atoms with E-state index in [1.54, 1.807) is 35.9 Å². The summed E-state index contributed by atoms with van der Waals surface area (Å²) in [5.74, 6) is 0. The number of benzene rings is 1. The highest BCUT2D eigenvalue weighted by atomic mass is 35.5. The van der Waals surface area contributed by atoms with E-state index in [9.17, 15) is 4.79 Å². The zero-order valence-corrected chi connectivity index (χ0v) is 11.2. The topological polar surface area (TPSA) is 42.2 Å². The average molecular weight is 284 g/mol. The van der Waals surface area contributed by atoms with Gasteiger partial charge < -0.3 is 9.67 Å². The van der Waals surface area contributed by atoms with E-state index in [0.29, 0.717) is 21.3 Å². The number of hydrogen-bond donors (Lipinski definition) is 1. The third-order valence-corrected chi connectivity index (χ3v) is 3.49. The lowest BCUT2D eigenvalue weighted by Crippen LogP contribution is -2.14. The van der Waals surface area contributed by atoms with Crippen molar-refractivity contribution in [2.45, 2.75) is 13.5 Å². The lowest BCUT2D eigenvalue weighted by Gasteiger charge is -2.14. The number of pyridine rings is 1. The lowest BCUT2D eigenvalue weighted by molar-refractivity contribution is 0.280. The van der Waals surface area contributed by atoms with Crippen LogP contribution in [0.1, 0.15) is 11.3 Å². The van der Waals surface area contributed by atoms with Crippen LogP contribution in [0.25, 0.3) is 5.69 Å². The van der Waals surface area contributed by atoms with Crippen LogP contribution in [0.4, 0.5) is 0 Å². The van der Waals surface area contributed by atoms with Crippen LogP contribution in [0.3, 0.4) is 0 Å². The zero-order valence-electron chi connectivity index (χ0n) is 9.65. The minimum atomic E-state index is -0.308. The summed E-state index contributed by atoms with van der Waals surface area (Å²) < 4.78 is 1.74. The highest BCUT2D eigenvalue weighted by Crippen LogP contribution is 2.28. The fourth-order valence-electron chi connectivity index (χ4n) is 1.73. The molecule has 18 heavy (non-hydrogen) atoms. The van der Waals surface area contributed by atoms with Crippen molar-refractivity contribution in [2.24, 2.45) is 0 Å². The van der Waals surface area contributed by atoms with Crippen molar-refractivity contribution in [3.05, 3.63) is 62.0 Å². The minimum Gasteiger partial charge on any atom is -0.391 e. The molecular formula is C13H11Cl2NO2. The quantitative estimate of drug-likeness (QED) is 0.921. The van der Waals surface area contributed by atoms with Crippen LogP contribution < -0.4 is 5.43 Å². The van der Waals surface area contributed by atoms with Gasteiger partial charge in [0.05, 0.1) is 22.3 Å². The summed E-state index contributed by atoms with van der Waals surface area (Å²) in [5, 5.41) is 9.99. The molecule has 0 saturated heterocycles. The maximum atomic E-state index is 11.6. The molecule has 0 saturated carbocycles. The molecule has 2 aromatic rings. The maximum Gasteiger partial charge on any atom is 0.187 e. The van der Waals surface area contributed by atoms with E-state index in [1.807, 2.05) is 0 Å². The molecule has 0 aliphatic heterocycles. The summed E-state index contributed by atoms with van der Waals surface area (Å²) in [6.07, 6.45) is 1.58. The Morgan fingerprint density at radius 2 is 2.06 bits per heavy atom. The Morgan fingerprint density at radius 3 is 2.72 bits per heavy atom. The molecule has 0 aliphatic carbocycles. The summed E-state index contributed by atoms with van der Waals surface area (Å²) in [6.45, 7) is 1.48. The van der Waals surface area contributed by atoms with Crippen LogP contribution in [-0.4, -0.2) is 9.67 Å². The Morgan fingerprint density at radius 1 is 1.33 bits per heavy atom. The number of aliphatic hydroxyl groups excluding tert-OH is 1. The number of aryl methyl sites for hydroxylation is 1. The fraction of sp³-hybridized carbons (Fsp3) is 0.154. The Bertz CT molecular complexity index is 650. The van der Waals surface area contributed by atoms with Gasteiger partial charge in [0.15, 0.2) is 5.43 Å². The van der Waals surface area contributed by atoms with E-state index >= 15 is 0 Å². The summed E-state index contributed by atoms with van der Waals surface area (Å²) in [6, 6.07) is 6.73. The van der Waals surface area contributed by atoms with Gasteiger partial charge >= 0.3 is 0 Å². The first-order valence-corrected chi connectivity index (χ1v) is 6.07. The van der Waals surface area contributed by atoms with Gasteiger partial charge in [-0.1, -0.05) is 29.3 Å². The number of hydrogen-bond acceptors (Lipinski definition) is 2. The second kappa shape index (κ2) is 5.14. The predicted octanol–water partition coefficient (Wildman–Crippen LogP) is 2.95. The number of nitrogens with zero attached hydrogens (tertiary/aromatic N) is 1. The standard InChI is InChI=1S/C13H11Cl2NO2/c1-8-5-12(18)9(7-17)6-16(8)11-4-2-3-10(14)13(11)15/h2-6,17H,7H2,1H3. The average Bonchev–Trinajstić information content (AvgIpc) is 2.34. The van der Waals surface area contributed by atoms with Gasteiger partial charge in [-0.05, 0) is 19.1 Å². The molecule has 0 amide bonds. The summed E-state index contributed by atoms with van der Waals surface area (Å²) in [7, 11) is 0. The molecule has 0 bridgehead atoms. The molecule has 0 aliphatic rings. The highest BCUT2D eigenvalue weighted by Gasteiger charge is 2.09. The normalized spacial score (nSPS) is 10.7. The molecule has 2 rings (SSSR count). The zero-order chi connectivity index (χ0) is 13.3. The number of halogens is 2. The molecule has 0 fully saturated rings. The van der Waals surface area contributed by atoms with Crippen molar-refractivity contribution < 1.29 is 5.11 Å². The first kappa shape index (κ1) is 13.1. The summed E-state index contributed by atoms with van der Waals surface area (Å²) >= 11 is 12.1. The van der Waals surface area contributed by atoms with E-state index < -0.39 is 0 Å².